The smallest absolute Gasteiger partial charge is 0.229 e. The summed E-state index contributed by atoms with van der Waals surface area (Å²) in [5.41, 5.74) is 0. The third-order valence-corrected chi connectivity index (χ3v) is 2.90. The molecule has 0 N–H and O–H groups in total. The lowest BCUT2D eigenvalue weighted by atomic mass is 10.0. The Balaban J connectivity index is 2.25. The van der Waals surface area contributed by atoms with Crippen LogP contribution in [0.15, 0.2) is 0 Å². The van der Waals surface area contributed by atoms with Gasteiger partial charge in [-0.1, -0.05) is 6.42 Å². The van der Waals surface area contributed by atoms with Gasteiger partial charge in [0, 0.05) is 19.4 Å². The predicted octanol–water partition coefficient (Wildman–Crippen LogP) is 1.12. The van der Waals surface area contributed by atoms with Gasteiger partial charge in [0.1, 0.15) is 0 Å². The van der Waals surface area contributed by atoms with Gasteiger partial charge >= 0.3 is 0 Å². The summed E-state index contributed by atoms with van der Waals surface area (Å²) in [5.74, 6) is -0.587. The number of methoxy groups -OCH3 is 1. The number of carbonyl (C=O) groups is 1. The first-order chi connectivity index (χ1) is 5.78. The maximum atomic E-state index is 11.7. The highest BCUT2D eigenvalue weighted by atomic mass is 16.7. The van der Waals surface area contributed by atoms with Gasteiger partial charge in [0.25, 0.3) is 0 Å². The summed E-state index contributed by atoms with van der Waals surface area (Å²) in [6.07, 6.45) is 3.88. The van der Waals surface area contributed by atoms with Crippen LogP contribution in [0.25, 0.3) is 0 Å². The number of ketones is 1. The number of hydrogen-bond acceptors (Lipinski definition) is 3. The lowest BCUT2D eigenvalue weighted by molar-refractivity contribution is -0.198. The lowest BCUT2D eigenvalue weighted by Gasteiger charge is -2.23. The zero-order chi connectivity index (χ0) is 8.60. The van der Waals surface area contributed by atoms with E-state index < -0.39 is 5.79 Å². The topological polar surface area (TPSA) is 35.5 Å². The molecule has 0 aromatic carbocycles. The molecule has 1 aliphatic heterocycles. The van der Waals surface area contributed by atoms with Crippen molar-refractivity contribution in [2.75, 3.05) is 13.7 Å². The van der Waals surface area contributed by atoms with Crippen molar-refractivity contribution < 1.29 is 14.3 Å². The maximum absolute atomic E-state index is 11.7. The minimum absolute atomic E-state index is 0.104. The molecule has 2 aliphatic rings. The number of fused-ring (bicyclic) bond motifs is 2. The van der Waals surface area contributed by atoms with Crippen LogP contribution in [0.1, 0.15) is 25.7 Å². The Kier molecular flexibility index (Phi) is 1.93. The van der Waals surface area contributed by atoms with Gasteiger partial charge in [-0.3, -0.25) is 4.79 Å². The van der Waals surface area contributed by atoms with Gasteiger partial charge in [-0.25, -0.2) is 0 Å². The number of Topliss-reactive ketones (excluding diaryl/α,β-unsaturated/α-hetero) is 1. The van der Waals surface area contributed by atoms with E-state index in [9.17, 15) is 4.79 Å². The molecule has 1 saturated heterocycles. The van der Waals surface area contributed by atoms with E-state index in [1.165, 1.54) is 0 Å². The van der Waals surface area contributed by atoms with Crippen LogP contribution in [0, 0.1) is 5.92 Å². The SMILES string of the molecule is COC12CCCCC(CO1)C2=O. The Morgan fingerprint density at radius 1 is 1.58 bits per heavy atom. The van der Waals surface area contributed by atoms with E-state index in [0.29, 0.717) is 6.61 Å². The van der Waals surface area contributed by atoms with Gasteiger partial charge < -0.3 is 9.47 Å². The molecule has 1 aliphatic carbocycles. The first-order valence-corrected chi connectivity index (χ1v) is 4.52. The average molecular weight is 170 g/mol. The normalized spacial score (nSPS) is 41.4. The fourth-order valence-electron chi connectivity index (χ4n) is 2.11. The molecule has 68 valence electrons. The Morgan fingerprint density at radius 3 is 3.17 bits per heavy atom. The molecule has 0 radical (unpaired) electrons. The molecular formula is C9H14O3. The van der Waals surface area contributed by atoms with Crippen LogP contribution in [-0.2, 0) is 14.3 Å². The maximum Gasteiger partial charge on any atom is 0.229 e. The largest absolute Gasteiger partial charge is 0.347 e. The fourth-order valence-corrected chi connectivity index (χ4v) is 2.11. The minimum Gasteiger partial charge on any atom is -0.347 e. The molecular weight excluding hydrogens is 156 g/mol. The predicted molar refractivity (Wildman–Crippen MR) is 42.7 cm³/mol. The Hall–Kier alpha value is -0.410. The lowest BCUT2D eigenvalue weighted by Crippen LogP contribution is -2.38. The van der Waals surface area contributed by atoms with Crippen LogP contribution >= 0.6 is 0 Å². The van der Waals surface area contributed by atoms with Crippen molar-refractivity contribution in [2.24, 2.45) is 5.92 Å². The fraction of sp³-hybridized carbons (Fsp3) is 0.889. The van der Waals surface area contributed by atoms with Crippen molar-refractivity contribution in [3.05, 3.63) is 0 Å². The molecule has 3 nitrogen and oxygen atoms in total. The quantitative estimate of drug-likeness (QED) is 0.591. The molecule has 2 fully saturated rings. The summed E-state index contributed by atoms with van der Waals surface area (Å²) in [6.45, 7) is 0.562. The first-order valence-electron chi connectivity index (χ1n) is 4.52. The van der Waals surface area contributed by atoms with Gasteiger partial charge in [0.15, 0.2) is 5.78 Å². The molecule has 1 saturated carbocycles. The highest BCUT2D eigenvalue weighted by molar-refractivity contribution is 5.90. The summed E-state index contributed by atoms with van der Waals surface area (Å²) in [7, 11) is 1.56. The zero-order valence-corrected chi connectivity index (χ0v) is 7.34. The van der Waals surface area contributed by atoms with Crippen LogP contribution in [0.3, 0.4) is 0 Å². The van der Waals surface area contributed by atoms with Gasteiger partial charge in [0.05, 0.1) is 6.61 Å². The third kappa shape index (κ3) is 1.00. The molecule has 0 spiro atoms. The highest BCUT2D eigenvalue weighted by Gasteiger charge is 2.50. The molecule has 12 heavy (non-hydrogen) atoms. The van der Waals surface area contributed by atoms with Crippen LogP contribution in [-0.4, -0.2) is 25.3 Å². The van der Waals surface area contributed by atoms with E-state index in [-0.39, 0.29) is 11.7 Å². The van der Waals surface area contributed by atoms with Gasteiger partial charge in [-0.2, -0.15) is 0 Å². The summed E-state index contributed by atoms with van der Waals surface area (Å²) in [5, 5.41) is 0. The molecule has 2 atom stereocenters. The number of hydrogen-bond donors (Lipinski definition) is 0. The highest BCUT2D eigenvalue weighted by Crippen LogP contribution is 2.37. The molecule has 2 rings (SSSR count). The number of carbonyl (C=O) groups excluding carboxylic acids is 1. The molecule has 2 bridgehead atoms. The van der Waals surface area contributed by atoms with E-state index in [2.05, 4.69) is 0 Å². The number of ether oxygens (including phenoxy) is 2. The monoisotopic (exact) mass is 170 g/mol. The Labute approximate surface area is 72.0 Å². The van der Waals surface area contributed by atoms with Crippen molar-refractivity contribution in [3.63, 3.8) is 0 Å². The standard InChI is InChI=1S/C9H14O3/c1-11-9-5-3-2-4-7(6-12-9)8(9)10/h7H,2-6H2,1H3. The van der Waals surface area contributed by atoms with Crippen molar-refractivity contribution in [1.29, 1.82) is 0 Å². The Bertz CT molecular complexity index is 202. The second kappa shape index (κ2) is 2.82. The molecule has 2 unspecified atom stereocenters. The summed E-state index contributed by atoms with van der Waals surface area (Å²) in [4.78, 5) is 11.7. The van der Waals surface area contributed by atoms with Crippen LogP contribution < -0.4 is 0 Å². The third-order valence-electron chi connectivity index (χ3n) is 2.90. The molecule has 0 amide bonds. The summed E-state index contributed by atoms with van der Waals surface area (Å²) < 4.78 is 10.6. The number of rotatable bonds is 1. The second-order valence-corrected chi connectivity index (χ2v) is 3.57. The van der Waals surface area contributed by atoms with E-state index >= 15 is 0 Å². The van der Waals surface area contributed by atoms with E-state index in [1.807, 2.05) is 0 Å². The van der Waals surface area contributed by atoms with E-state index in [0.717, 1.165) is 25.7 Å². The van der Waals surface area contributed by atoms with Crippen molar-refractivity contribution >= 4 is 5.78 Å². The van der Waals surface area contributed by atoms with Crippen LogP contribution in [0.4, 0.5) is 0 Å². The van der Waals surface area contributed by atoms with Gasteiger partial charge in [0.2, 0.25) is 5.79 Å². The average Bonchev–Trinajstić information content (AvgIpc) is 2.24. The van der Waals surface area contributed by atoms with Crippen LogP contribution in [0.2, 0.25) is 0 Å². The first kappa shape index (κ1) is 8.20. The summed E-state index contributed by atoms with van der Waals surface area (Å²) >= 11 is 0. The Morgan fingerprint density at radius 2 is 2.42 bits per heavy atom. The van der Waals surface area contributed by atoms with Crippen molar-refractivity contribution in [1.82, 2.24) is 0 Å². The van der Waals surface area contributed by atoms with E-state index in [1.54, 1.807) is 7.11 Å². The minimum atomic E-state index is -0.860. The van der Waals surface area contributed by atoms with Crippen molar-refractivity contribution in [3.8, 4) is 0 Å². The zero-order valence-electron chi connectivity index (χ0n) is 7.34. The van der Waals surface area contributed by atoms with Gasteiger partial charge in [-0.15, -0.1) is 0 Å². The van der Waals surface area contributed by atoms with Crippen molar-refractivity contribution in [2.45, 2.75) is 31.5 Å². The molecule has 3 heteroatoms. The van der Waals surface area contributed by atoms with Gasteiger partial charge in [-0.05, 0) is 12.8 Å². The molecule has 0 aromatic heterocycles. The van der Waals surface area contributed by atoms with E-state index in [4.69, 9.17) is 9.47 Å². The molecule has 0 aromatic rings. The molecule has 1 heterocycles. The second-order valence-electron chi connectivity index (χ2n) is 3.57. The summed E-state index contributed by atoms with van der Waals surface area (Å²) in [6, 6.07) is 0. The van der Waals surface area contributed by atoms with Crippen LogP contribution in [0.5, 0.6) is 0 Å².